The van der Waals surface area contributed by atoms with Gasteiger partial charge in [-0.2, -0.15) is 0 Å². The zero-order chi connectivity index (χ0) is 24.5. The Morgan fingerprint density at radius 1 is 0.727 bits per heavy atom. The first-order valence-electron chi connectivity index (χ1n) is 10.4. The maximum atomic E-state index is 12.8. The van der Waals surface area contributed by atoms with Crippen molar-refractivity contribution in [2.75, 3.05) is 6.61 Å². The largest absolute Gasteiger partial charge is 0.463 e. The van der Waals surface area contributed by atoms with Crippen LogP contribution in [0.15, 0.2) is 30.3 Å². The molecule has 1 heterocycles. The van der Waals surface area contributed by atoms with Crippen LogP contribution in [-0.2, 0) is 54.1 Å². The standard InChI is InChI=1S/C23H28O10/c1-13(24)29-12-20-22(31-15(3)26)23(32-16(4)27)21(30-14(2)25)19(33-20)11-18(28)10-17-8-6-5-7-9-17/h5-9,19-23H,10-12H2,1-4H3/t19-,20+,21-,22+,23+/m0/s1. The second-order valence-corrected chi connectivity index (χ2v) is 7.64. The van der Waals surface area contributed by atoms with Crippen molar-refractivity contribution in [3.63, 3.8) is 0 Å². The zero-order valence-electron chi connectivity index (χ0n) is 19.0. The highest BCUT2D eigenvalue weighted by molar-refractivity contribution is 5.81. The molecule has 0 aliphatic carbocycles. The van der Waals surface area contributed by atoms with Crippen molar-refractivity contribution in [2.24, 2.45) is 0 Å². The number of rotatable bonds is 9. The molecule has 0 amide bonds. The molecule has 33 heavy (non-hydrogen) atoms. The molecule has 5 atom stereocenters. The third-order valence-corrected chi connectivity index (χ3v) is 4.76. The van der Waals surface area contributed by atoms with Gasteiger partial charge < -0.3 is 23.7 Å². The summed E-state index contributed by atoms with van der Waals surface area (Å²) in [6.07, 6.45) is -5.94. The molecule has 0 N–H and O–H groups in total. The van der Waals surface area contributed by atoms with Crippen LogP contribution >= 0.6 is 0 Å². The first-order valence-corrected chi connectivity index (χ1v) is 10.4. The average molecular weight is 464 g/mol. The smallest absolute Gasteiger partial charge is 0.303 e. The first kappa shape index (κ1) is 26.0. The third kappa shape index (κ3) is 8.30. The van der Waals surface area contributed by atoms with Crippen LogP contribution in [0.4, 0.5) is 0 Å². The van der Waals surface area contributed by atoms with Gasteiger partial charge in [-0.3, -0.25) is 24.0 Å². The fraction of sp³-hybridized carbons (Fsp3) is 0.522. The van der Waals surface area contributed by atoms with Crippen molar-refractivity contribution < 1.29 is 47.7 Å². The number of esters is 4. The molecule has 1 saturated heterocycles. The minimum Gasteiger partial charge on any atom is -0.463 e. The highest BCUT2D eigenvalue weighted by Gasteiger charge is 2.52. The Labute approximate surface area is 191 Å². The molecule has 0 bridgehead atoms. The Hall–Kier alpha value is -3.27. The Bertz CT molecular complexity index is 865. The second kappa shape index (κ2) is 12.1. The second-order valence-electron chi connectivity index (χ2n) is 7.64. The van der Waals surface area contributed by atoms with E-state index in [1.54, 1.807) is 24.3 Å². The molecule has 1 fully saturated rings. The molecule has 0 saturated carbocycles. The van der Waals surface area contributed by atoms with Gasteiger partial charge in [-0.05, 0) is 5.56 Å². The summed E-state index contributed by atoms with van der Waals surface area (Å²) in [5, 5.41) is 0. The van der Waals surface area contributed by atoms with E-state index in [2.05, 4.69) is 0 Å². The van der Waals surface area contributed by atoms with Crippen LogP contribution in [0.25, 0.3) is 0 Å². The lowest BCUT2D eigenvalue weighted by atomic mass is 9.90. The Morgan fingerprint density at radius 2 is 1.24 bits per heavy atom. The van der Waals surface area contributed by atoms with Gasteiger partial charge in [-0.15, -0.1) is 0 Å². The van der Waals surface area contributed by atoms with Crippen LogP contribution in [0.2, 0.25) is 0 Å². The van der Waals surface area contributed by atoms with E-state index in [4.69, 9.17) is 23.7 Å². The van der Waals surface area contributed by atoms with E-state index in [0.29, 0.717) is 0 Å². The molecular weight excluding hydrogens is 436 g/mol. The van der Waals surface area contributed by atoms with E-state index in [1.807, 2.05) is 6.07 Å². The van der Waals surface area contributed by atoms with Gasteiger partial charge in [0.15, 0.2) is 18.3 Å². The zero-order valence-corrected chi connectivity index (χ0v) is 19.0. The minimum absolute atomic E-state index is 0.105. The molecular formula is C23H28O10. The number of hydrogen-bond acceptors (Lipinski definition) is 10. The molecule has 10 nitrogen and oxygen atoms in total. The molecule has 0 radical (unpaired) electrons. The molecule has 1 aromatic rings. The third-order valence-electron chi connectivity index (χ3n) is 4.76. The molecule has 10 heteroatoms. The maximum Gasteiger partial charge on any atom is 0.303 e. The van der Waals surface area contributed by atoms with Crippen LogP contribution in [0.5, 0.6) is 0 Å². The molecule has 180 valence electrons. The Kier molecular flexibility index (Phi) is 9.53. The van der Waals surface area contributed by atoms with Crippen LogP contribution < -0.4 is 0 Å². The highest BCUT2D eigenvalue weighted by Crippen LogP contribution is 2.31. The SMILES string of the molecule is CC(=O)OC[C@H]1O[C@@H](CC(=O)Cc2ccccc2)[C@H](OC(C)=O)[C@@H](OC(C)=O)[C@@H]1OC(C)=O. The highest BCUT2D eigenvalue weighted by atomic mass is 16.7. The van der Waals surface area contributed by atoms with Gasteiger partial charge in [0.25, 0.3) is 0 Å². The topological polar surface area (TPSA) is 132 Å². The van der Waals surface area contributed by atoms with Crippen LogP contribution in [0.1, 0.15) is 39.7 Å². The lowest BCUT2D eigenvalue weighted by Gasteiger charge is -2.44. The van der Waals surface area contributed by atoms with Gasteiger partial charge in [-0.25, -0.2) is 0 Å². The van der Waals surface area contributed by atoms with E-state index in [9.17, 15) is 24.0 Å². The van der Waals surface area contributed by atoms with Crippen molar-refractivity contribution in [2.45, 2.75) is 71.1 Å². The summed E-state index contributed by atoms with van der Waals surface area (Å²) in [4.78, 5) is 59.5. The number of ether oxygens (including phenoxy) is 5. The predicted molar refractivity (Wildman–Crippen MR) is 112 cm³/mol. The normalized spacial score (nSPS) is 24.3. The predicted octanol–water partition coefficient (Wildman–Crippen LogP) is 1.31. The van der Waals surface area contributed by atoms with Crippen molar-refractivity contribution in [1.29, 1.82) is 0 Å². The van der Waals surface area contributed by atoms with Crippen LogP contribution in [-0.4, -0.2) is 66.8 Å². The Balaban J connectivity index is 2.35. The fourth-order valence-corrected chi connectivity index (χ4v) is 3.60. The molecule has 1 aliphatic heterocycles. The van der Waals surface area contributed by atoms with Gasteiger partial charge in [-0.1, -0.05) is 30.3 Å². The molecule has 0 unspecified atom stereocenters. The summed E-state index contributed by atoms with van der Waals surface area (Å²) in [5.74, 6) is -2.98. The fourth-order valence-electron chi connectivity index (χ4n) is 3.60. The molecule has 1 aliphatic rings. The van der Waals surface area contributed by atoms with E-state index < -0.39 is 54.4 Å². The number of ketones is 1. The van der Waals surface area contributed by atoms with E-state index in [1.165, 1.54) is 6.92 Å². The van der Waals surface area contributed by atoms with Gasteiger partial charge in [0.2, 0.25) is 0 Å². The van der Waals surface area contributed by atoms with E-state index in [0.717, 1.165) is 26.3 Å². The summed E-state index contributed by atoms with van der Waals surface area (Å²) in [6, 6.07) is 9.03. The lowest BCUT2D eigenvalue weighted by molar-refractivity contribution is -0.252. The molecule has 1 aromatic carbocycles. The van der Waals surface area contributed by atoms with Gasteiger partial charge >= 0.3 is 23.9 Å². The summed E-state index contributed by atoms with van der Waals surface area (Å²) in [5.41, 5.74) is 0.785. The van der Waals surface area contributed by atoms with E-state index in [-0.39, 0.29) is 25.2 Å². The number of carbonyl (C=O) groups excluding carboxylic acids is 5. The van der Waals surface area contributed by atoms with Crippen molar-refractivity contribution in [1.82, 2.24) is 0 Å². The Morgan fingerprint density at radius 3 is 1.76 bits per heavy atom. The van der Waals surface area contributed by atoms with Crippen molar-refractivity contribution in [3.8, 4) is 0 Å². The monoisotopic (exact) mass is 464 g/mol. The number of hydrogen-bond donors (Lipinski definition) is 0. The average Bonchev–Trinajstić information content (AvgIpc) is 2.70. The summed E-state index contributed by atoms with van der Waals surface area (Å²) in [7, 11) is 0. The van der Waals surface area contributed by atoms with Crippen LogP contribution in [0, 0.1) is 0 Å². The lowest BCUT2D eigenvalue weighted by Crippen LogP contribution is -2.62. The number of Topliss-reactive ketones (excluding diaryl/α,β-unsaturated/α-hetero) is 1. The van der Waals surface area contributed by atoms with Gasteiger partial charge in [0.05, 0.1) is 0 Å². The van der Waals surface area contributed by atoms with Crippen LogP contribution in [0.3, 0.4) is 0 Å². The van der Waals surface area contributed by atoms with Crippen molar-refractivity contribution >= 4 is 29.7 Å². The van der Waals surface area contributed by atoms with Gasteiger partial charge in [0, 0.05) is 40.5 Å². The number of benzene rings is 1. The molecule has 2 rings (SSSR count). The minimum atomic E-state index is -1.28. The summed E-state index contributed by atoms with van der Waals surface area (Å²) >= 11 is 0. The first-order chi connectivity index (χ1) is 15.6. The molecule has 0 spiro atoms. The summed E-state index contributed by atoms with van der Waals surface area (Å²) < 4.78 is 27.0. The van der Waals surface area contributed by atoms with Gasteiger partial charge in [0.1, 0.15) is 24.6 Å². The summed E-state index contributed by atoms with van der Waals surface area (Å²) in [6.45, 7) is 4.29. The maximum absolute atomic E-state index is 12.8. The number of carbonyl (C=O) groups is 5. The quantitative estimate of drug-likeness (QED) is 0.389. The van der Waals surface area contributed by atoms with Crippen molar-refractivity contribution in [3.05, 3.63) is 35.9 Å². The molecule has 0 aromatic heterocycles. The van der Waals surface area contributed by atoms with E-state index >= 15 is 0 Å².